The van der Waals surface area contributed by atoms with Crippen LogP contribution in [-0.4, -0.2) is 9.45 Å². The van der Waals surface area contributed by atoms with Gasteiger partial charge in [-0.15, -0.1) is 23.2 Å². The molecule has 0 unspecified atom stereocenters. The monoisotopic (exact) mass is 404 g/mol. The molecule has 0 aliphatic heterocycles. The van der Waals surface area contributed by atoms with Crippen LogP contribution in [0.5, 0.6) is 0 Å². The number of benzene rings is 2. The van der Waals surface area contributed by atoms with E-state index in [1.54, 1.807) is 18.2 Å². The number of hydrogen-bond donors (Lipinski definition) is 2. The third-order valence-corrected chi connectivity index (χ3v) is 5.16. The fraction of sp³-hybridized carbons (Fsp3) is 0.188. The van der Waals surface area contributed by atoms with Gasteiger partial charge in [0.25, 0.3) is 0 Å². The number of halogens is 4. The largest absolute Gasteiger partial charge is 0.332 e. The van der Waals surface area contributed by atoms with E-state index < -0.39 is 4.33 Å². The lowest BCUT2D eigenvalue weighted by Crippen LogP contribution is -2.19. The van der Waals surface area contributed by atoms with E-state index in [-0.39, 0.29) is 5.92 Å². The topological polar surface area (TPSA) is 24.1 Å². The molecule has 0 heterocycles. The lowest BCUT2D eigenvalue weighted by molar-refractivity contribution is 1.11. The van der Waals surface area contributed by atoms with Gasteiger partial charge in [0.05, 0.1) is 10.7 Å². The zero-order valence-corrected chi connectivity index (χ0v) is 15.6. The number of nitrogens with one attached hydrogen (secondary N) is 2. The van der Waals surface area contributed by atoms with Crippen LogP contribution in [0.15, 0.2) is 42.5 Å². The molecule has 0 amide bonds. The lowest BCUT2D eigenvalue weighted by Gasteiger charge is -2.12. The van der Waals surface area contributed by atoms with Crippen LogP contribution in [0.3, 0.4) is 0 Å². The number of alkyl halides is 2. The van der Waals surface area contributed by atoms with E-state index in [0.29, 0.717) is 20.8 Å². The van der Waals surface area contributed by atoms with Crippen molar-refractivity contribution in [3.05, 3.63) is 58.1 Å². The molecule has 3 rings (SSSR count). The van der Waals surface area contributed by atoms with Crippen LogP contribution in [0.25, 0.3) is 0 Å². The maximum absolute atomic E-state index is 6.11. The van der Waals surface area contributed by atoms with Gasteiger partial charge in [-0.05, 0) is 54.5 Å². The van der Waals surface area contributed by atoms with Gasteiger partial charge >= 0.3 is 0 Å². The molecule has 2 aromatic carbocycles. The van der Waals surface area contributed by atoms with E-state index in [0.717, 1.165) is 17.7 Å². The molecule has 1 aliphatic carbocycles. The maximum Gasteiger partial charge on any atom is 0.175 e. The highest BCUT2D eigenvalue weighted by molar-refractivity contribution is 7.80. The third kappa shape index (κ3) is 4.23. The van der Waals surface area contributed by atoms with E-state index in [1.807, 2.05) is 24.3 Å². The second-order valence-electron chi connectivity index (χ2n) is 5.34. The fourth-order valence-corrected chi connectivity index (χ4v) is 3.49. The van der Waals surface area contributed by atoms with Crippen molar-refractivity contribution in [3.63, 3.8) is 0 Å². The van der Waals surface area contributed by atoms with Gasteiger partial charge < -0.3 is 10.6 Å². The van der Waals surface area contributed by atoms with Gasteiger partial charge in [0.1, 0.15) is 4.33 Å². The summed E-state index contributed by atoms with van der Waals surface area (Å²) in [5.74, 6) is 0.206. The molecule has 1 atom stereocenters. The predicted octanol–water partition coefficient (Wildman–Crippen LogP) is 6.46. The summed E-state index contributed by atoms with van der Waals surface area (Å²) in [5, 5.41) is 7.66. The number of hydrogen-bond acceptors (Lipinski definition) is 1. The summed E-state index contributed by atoms with van der Waals surface area (Å²) in [6, 6.07) is 13.0. The first-order chi connectivity index (χ1) is 10.8. The Kier molecular flexibility index (Phi) is 4.96. The third-order valence-electron chi connectivity index (χ3n) is 3.58. The van der Waals surface area contributed by atoms with Crippen molar-refractivity contribution >= 4 is 75.1 Å². The first kappa shape index (κ1) is 17.1. The molecule has 1 aliphatic rings. The molecule has 2 N–H and O–H groups in total. The highest BCUT2D eigenvalue weighted by atomic mass is 35.5. The summed E-state index contributed by atoms with van der Waals surface area (Å²) < 4.78 is -0.614. The van der Waals surface area contributed by atoms with E-state index in [9.17, 15) is 0 Å². The van der Waals surface area contributed by atoms with Crippen molar-refractivity contribution < 1.29 is 0 Å². The Morgan fingerprint density at radius 2 is 1.70 bits per heavy atom. The summed E-state index contributed by atoms with van der Waals surface area (Å²) in [4.78, 5) is 0. The van der Waals surface area contributed by atoms with Crippen molar-refractivity contribution in [3.8, 4) is 0 Å². The molecular weight excluding hydrogens is 394 g/mol. The quantitative estimate of drug-likeness (QED) is 0.452. The molecule has 0 aromatic heterocycles. The van der Waals surface area contributed by atoms with Crippen LogP contribution in [0.4, 0.5) is 11.4 Å². The van der Waals surface area contributed by atoms with Crippen molar-refractivity contribution in [2.75, 3.05) is 10.6 Å². The van der Waals surface area contributed by atoms with Gasteiger partial charge in [0, 0.05) is 16.6 Å². The number of rotatable bonds is 3. The summed E-state index contributed by atoms with van der Waals surface area (Å²) in [7, 11) is 0. The molecule has 2 aromatic rings. The minimum atomic E-state index is -0.614. The van der Waals surface area contributed by atoms with Gasteiger partial charge in [-0.2, -0.15) is 0 Å². The summed E-state index contributed by atoms with van der Waals surface area (Å²) >= 11 is 29.4. The van der Waals surface area contributed by atoms with Crippen LogP contribution >= 0.6 is 58.6 Å². The Labute approximate surface area is 160 Å². The van der Waals surface area contributed by atoms with E-state index in [2.05, 4.69) is 10.6 Å². The van der Waals surface area contributed by atoms with Crippen molar-refractivity contribution in [2.24, 2.45) is 0 Å². The van der Waals surface area contributed by atoms with Crippen molar-refractivity contribution in [1.29, 1.82) is 0 Å². The Hall–Kier alpha value is -0.710. The molecule has 0 bridgehead atoms. The zero-order chi connectivity index (χ0) is 16.6. The summed E-state index contributed by atoms with van der Waals surface area (Å²) in [6.07, 6.45) is 0.790. The van der Waals surface area contributed by atoms with E-state index >= 15 is 0 Å². The smallest absolute Gasteiger partial charge is 0.175 e. The average molecular weight is 406 g/mol. The second-order valence-corrected chi connectivity index (χ2v) is 8.14. The summed E-state index contributed by atoms with van der Waals surface area (Å²) in [5.41, 5.74) is 2.68. The first-order valence-corrected chi connectivity index (χ1v) is 8.78. The highest BCUT2D eigenvalue weighted by Gasteiger charge is 2.52. The van der Waals surface area contributed by atoms with Gasteiger partial charge in [0.15, 0.2) is 5.11 Å². The van der Waals surface area contributed by atoms with E-state index in [1.165, 1.54) is 0 Å². The average Bonchev–Trinajstić information content (AvgIpc) is 3.12. The fourth-order valence-electron chi connectivity index (χ4n) is 2.25. The Morgan fingerprint density at radius 3 is 2.26 bits per heavy atom. The van der Waals surface area contributed by atoms with Crippen LogP contribution in [0, 0.1) is 0 Å². The Balaban J connectivity index is 1.61. The normalized spacial score (nSPS) is 18.3. The van der Waals surface area contributed by atoms with Crippen molar-refractivity contribution in [1.82, 2.24) is 0 Å². The summed E-state index contributed by atoms with van der Waals surface area (Å²) in [6.45, 7) is 0. The van der Waals surface area contributed by atoms with Crippen LogP contribution in [-0.2, 0) is 0 Å². The molecule has 2 nitrogen and oxygen atoms in total. The SMILES string of the molecule is S=C(Nc1ccc([C@@H]2CC2(Cl)Cl)cc1)Nc1ccc(Cl)cc1Cl. The number of anilines is 2. The Morgan fingerprint density at radius 1 is 1.04 bits per heavy atom. The zero-order valence-electron chi connectivity index (χ0n) is 11.7. The molecule has 0 saturated heterocycles. The molecule has 7 heteroatoms. The lowest BCUT2D eigenvalue weighted by atomic mass is 10.1. The molecule has 1 saturated carbocycles. The molecule has 1 fully saturated rings. The molecule has 120 valence electrons. The van der Waals surface area contributed by atoms with Crippen LogP contribution in [0.2, 0.25) is 10.0 Å². The predicted molar refractivity (Wildman–Crippen MR) is 105 cm³/mol. The van der Waals surface area contributed by atoms with Crippen molar-refractivity contribution in [2.45, 2.75) is 16.7 Å². The first-order valence-electron chi connectivity index (χ1n) is 6.86. The number of thiocarbonyl (C=S) groups is 1. The van der Waals surface area contributed by atoms with Crippen LogP contribution < -0.4 is 10.6 Å². The molecule has 23 heavy (non-hydrogen) atoms. The second kappa shape index (κ2) is 6.66. The van der Waals surface area contributed by atoms with Gasteiger partial charge in [0.2, 0.25) is 0 Å². The molecule has 0 spiro atoms. The maximum atomic E-state index is 6.11. The minimum absolute atomic E-state index is 0.206. The standard InChI is InChI=1S/C16H12Cl4N2S/c17-10-3-6-14(13(18)7-10)22-15(23)21-11-4-1-9(2-5-11)12-8-16(12,19)20/h1-7,12H,8H2,(H2,21,22,23)/t12-/m0/s1. The van der Waals surface area contributed by atoms with Gasteiger partial charge in [-0.1, -0.05) is 35.3 Å². The van der Waals surface area contributed by atoms with E-state index in [4.69, 9.17) is 58.6 Å². The van der Waals surface area contributed by atoms with Gasteiger partial charge in [-0.3, -0.25) is 0 Å². The highest BCUT2D eigenvalue weighted by Crippen LogP contribution is 2.59. The minimum Gasteiger partial charge on any atom is -0.332 e. The Bertz CT molecular complexity index is 746. The molecular formula is C16H12Cl4N2S. The van der Waals surface area contributed by atoms with Crippen LogP contribution in [0.1, 0.15) is 17.9 Å². The molecule has 0 radical (unpaired) electrons. The van der Waals surface area contributed by atoms with Gasteiger partial charge in [-0.25, -0.2) is 0 Å².